The molecular formula is C19H32N3O5S+. The Morgan fingerprint density at radius 2 is 1.79 bits per heavy atom. The lowest BCUT2D eigenvalue weighted by Gasteiger charge is -2.33. The van der Waals surface area contributed by atoms with Crippen molar-refractivity contribution in [2.45, 2.75) is 37.1 Å². The first-order valence-corrected chi connectivity index (χ1v) is 11.3. The molecule has 1 fully saturated rings. The molecular weight excluding hydrogens is 382 g/mol. The largest absolute Gasteiger partial charge is 0.391 e. The van der Waals surface area contributed by atoms with Crippen molar-refractivity contribution in [3.63, 3.8) is 0 Å². The summed E-state index contributed by atoms with van der Waals surface area (Å²) < 4.78 is 27.4. The molecule has 158 valence electrons. The van der Waals surface area contributed by atoms with Crippen molar-refractivity contribution in [3.05, 3.63) is 29.8 Å². The zero-order valence-corrected chi connectivity index (χ0v) is 17.2. The molecule has 8 nitrogen and oxygen atoms in total. The van der Waals surface area contributed by atoms with E-state index >= 15 is 0 Å². The van der Waals surface area contributed by atoms with Gasteiger partial charge in [0.1, 0.15) is 19.1 Å². The van der Waals surface area contributed by atoms with Crippen molar-refractivity contribution >= 4 is 15.9 Å². The second-order valence-corrected chi connectivity index (χ2v) is 9.07. The number of quaternary nitrogens is 1. The van der Waals surface area contributed by atoms with E-state index in [4.69, 9.17) is 10.2 Å². The Hall–Kier alpha value is -1.52. The molecule has 1 aliphatic rings. The van der Waals surface area contributed by atoms with E-state index in [0.717, 1.165) is 23.3 Å². The zero-order valence-electron chi connectivity index (χ0n) is 16.4. The molecule has 0 spiro atoms. The summed E-state index contributed by atoms with van der Waals surface area (Å²) in [6.07, 6.45) is 2.05. The van der Waals surface area contributed by atoms with Crippen molar-refractivity contribution in [1.29, 1.82) is 0 Å². The summed E-state index contributed by atoms with van der Waals surface area (Å²) in [6, 6.07) is 5.97. The zero-order chi connectivity index (χ0) is 20.6. The van der Waals surface area contributed by atoms with Gasteiger partial charge in [-0.2, -0.15) is 4.31 Å². The van der Waals surface area contributed by atoms with Gasteiger partial charge in [0, 0.05) is 6.54 Å². The fraction of sp³-hybridized carbons (Fsp3) is 0.632. The highest BCUT2D eigenvalue weighted by molar-refractivity contribution is 7.89. The second kappa shape index (κ2) is 10.9. The van der Waals surface area contributed by atoms with Crippen LogP contribution in [-0.4, -0.2) is 80.8 Å². The Labute approximate surface area is 167 Å². The van der Waals surface area contributed by atoms with Crippen LogP contribution in [0.2, 0.25) is 0 Å². The van der Waals surface area contributed by atoms with Gasteiger partial charge >= 0.3 is 0 Å². The van der Waals surface area contributed by atoms with Crippen molar-refractivity contribution in [2.24, 2.45) is 0 Å². The molecule has 1 aromatic rings. The predicted molar refractivity (Wildman–Crippen MR) is 105 cm³/mol. The third-order valence-corrected chi connectivity index (χ3v) is 7.01. The molecule has 1 heterocycles. The molecule has 0 unspecified atom stereocenters. The number of benzene rings is 1. The van der Waals surface area contributed by atoms with Crippen molar-refractivity contribution in [2.75, 3.05) is 45.9 Å². The van der Waals surface area contributed by atoms with Gasteiger partial charge < -0.3 is 20.4 Å². The minimum absolute atomic E-state index is 0.00841. The number of sulfonamides is 1. The number of piperidine rings is 1. The van der Waals surface area contributed by atoms with Gasteiger partial charge in [0.25, 0.3) is 0 Å². The van der Waals surface area contributed by atoms with Gasteiger partial charge in [-0.25, -0.2) is 8.42 Å². The topological polar surface area (TPSA) is 111 Å². The number of hydrogen-bond acceptors (Lipinski definition) is 5. The maximum absolute atomic E-state index is 13.1. The van der Waals surface area contributed by atoms with Gasteiger partial charge in [-0.1, -0.05) is 24.1 Å². The SMILES string of the molecule is Cc1ccc(S(=O)(=O)N2CCCC[C@H]2C(=O)NCC[NH+](CCO)CCO)cc1. The van der Waals surface area contributed by atoms with E-state index < -0.39 is 16.1 Å². The first kappa shape index (κ1) is 22.8. The minimum Gasteiger partial charge on any atom is -0.391 e. The van der Waals surface area contributed by atoms with Crippen LogP contribution in [0, 0.1) is 6.92 Å². The van der Waals surface area contributed by atoms with Gasteiger partial charge in [-0.05, 0) is 31.9 Å². The number of nitrogens with zero attached hydrogens (tertiary/aromatic N) is 1. The van der Waals surface area contributed by atoms with Gasteiger partial charge in [-0.3, -0.25) is 4.79 Å². The Balaban J connectivity index is 2.03. The van der Waals surface area contributed by atoms with Crippen LogP contribution in [0.4, 0.5) is 0 Å². The van der Waals surface area contributed by atoms with Crippen LogP contribution in [0.5, 0.6) is 0 Å². The lowest BCUT2D eigenvalue weighted by Crippen LogP contribution is -3.13. The second-order valence-electron chi connectivity index (χ2n) is 7.18. The van der Waals surface area contributed by atoms with Crippen LogP contribution >= 0.6 is 0 Å². The quantitative estimate of drug-likeness (QED) is 0.373. The standard InChI is InChI=1S/C19H31N3O5S/c1-16-5-7-17(8-6-16)28(26,27)22-10-3-2-4-18(22)19(25)20-9-11-21(12-14-23)13-15-24/h5-8,18,23-24H,2-4,9-15H2,1H3,(H,20,25)/p+1/t18-/m0/s1. The third kappa shape index (κ3) is 5.99. The van der Waals surface area contributed by atoms with Crippen molar-refractivity contribution in [1.82, 2.24) is 9.62 Å². The molecule has 4 N–H and O–H groups in total. The number of carbonyl (C=O) groups is 1. The Kier molecular flexibility index (Phi) is 8.84. The average Bonchev–Trinajstić information content (AvgIpc) is 2.68. The smallest absolute Gasteiger partial charge is 0.243 e. The van der Waals surface area contributed by atoms with Gasteiger partial charge in [0.05, 0.1) is 31.2 Å². The molecule has 0 radical (unpaired) electrons. The summed E-state index contributed by atoms with van der Waals surface area (Å²) in [5.74, 6) is -0.289. The molecule has 0 aromatic heterocycles. The molecule has 0 saturated carbocycles. The van der Waals surface area contributed by atoms with Crippen LogP contribution in [0.15, 0.2) is 29.2 Å². The molecule has 28 heavy (non-hydrogen) atoms. The number of aliphatic hydroxyl groups excluding tert-OH is 2. The predicted octanol–water partition coefficient (Wildman–Crippen LogP) is -1.48. The summed E-state index contributed by atoms with van der Waals surface area (Å²) in [5.41, 5.74) is 0.977. The number of hydrogen-bond donors (Lipinski definition) is 4. The van der Waals surface area contributed by atoms with Crippen LogP contribution in [0.25, 0.3) is 0 Å². The van der Waals surface area contributed by atoms with Crippen LogP contribution in [0.3, 0.4) is 0 Å². The first-order valence-electron chi connectivity index (χ1n) is 9.81. The molecule has 1 saturated heterocycles. The highest BCUT2D eigenvalue weighted by atomic mass is 32.2. The lowest BCUT2D eigenvalue weighted by molar-refractivity contribution is -0.899. The third-order valence-electron chi connectivity index (χ3n) is 5.09. The van der Waals surface area contributed by atoms with E-state index in [1.54, 1.807) is 24.3 Å². The van der Waals surface area contributed by atoms with Gasteiger partial charge in [0.2, 0.25) is 15.9 Å². The first-order chi connectivity index (χ1) is 13.4. The maximum atomic E-state index is 13.1. The summed E-state index contributed by atoms with van der Waals surface area (Å²) in [5, 5.41) is 21.0. The maximum Gasteiger partial charge on any atom is 0.243 e. The summed E-state index contributed by atoms with van der Waals surface area (Å²) in [6.45, 7) is 4.16. The van der Waals surface area contributed by atoms with E-state index in [2.05, 4.69) is 5.32 Å². The fourth-order valence-electron chi connectivity index (χ4n) is 3.47. The lowest BCUT2D eigenvalue weighted by atomic mass is 10.0. The number of rotatable bonds is 10. The Morgan fingerprint density at radius 3 is 2.39 bits per heavy atom. The molecule has 0 aliphatic carbocycles. The number of carbonyl (C=O) groups excluding carboxylic acids is 1. The van der Waals surface area contributed by atoms with Crippen molar-refractivity contribution < 1.29 is 28.3 Å². The normalized spacial score (nSPS) is 18.4. The van der Waals surface area contributed by atoms with E-state index in [-0.39, 0.29) is 24.0 Å². The molecule has 0 bridgehead atoms. The number of nitrogens with one attached hydrogen (secondary N) is 2. The number of aliphatic hydroxyl groups is 2. The number of aryl methyl sites for hydroxylation is 1. The van der Waals surface area contributed by atoms with Crippen LogP contribution in [-0.2, 0) is 14.8 Å². The van der Waals surface area contributed by atoms with E-state index in [1.807, 2.05) is 6.92 Å². The average molecular weight is 415 g/mol. The van der Waals surface area contributed by atoms with Crippen molar-refractivity contribution in [3.8, 4) is 0 Å². The highest BCUT2D eigenvalue weighted by Gasteiger charge is 2.37. The van der Waals surface area contributed by atoms with Crippen LogP contribution < -0.4 is 10.2 Å². The molecule has 2 rings (SSSR count). The highest BCUT2D eigenvalue weighted by Crippen LogP contribution is 2.25. The molecule has 1 aromatic carbocycles. The van der Waals surface area contributed by atoms with Gasteiger partial charge in [0.15, 0.2) is 0 Å². The van der Waals surface area contributed by atoms with Crippen LogP contribution in [0.1, 0.15) is 24.8 Å². The van der Waals surface area contributed by atoms with Gasteiger partial charge in [-0.15, -0.1) is 0 Å². The molecule has 9 heteroatoms. The van der Waals surface area contributed by atoms with E-state index in [1.165, 1.54) is 4.31 Å². The molecule has 1 amide bonds. The van der Waals surface area contributed by atoms with E-state index in [9.17, 15) is 13.2 Å². The summed E-state index contributed by atoms with van der Waals surface area (Å²) in [4.78, 5) is 13.9. The summed E-state index contributed by atoms with van der Waals surface area (Å²) in [7, 11) is -3.73. The minimum atomic E-state index is -3.73. The Morgan fingerprint density at radius 1 is 1.14 bits per heavy atom. The fourth-order valence-corrected chi connectivity index (χ4v) is 5.13. The molecule has 1 atom stereocenters. The summed E-state index contributed by atoms with van der Waals surface area (Å²) >= 11 is 0. The molecule has 1 aliphatic heterocycles. The Bertz CT molecular complexity index is 718. The number of amides is 1. The van der Waals surface area contributed by atoms with E-state index in [0.29, 0.717) is 39.1 Å². The monoisotopic (exact) mass is 414 g/mol.